The largest absolute Gasteiger partial charge is 0.476 e. The number of halogens is 2. The third kappa shape index (κ3) is 2.47. The van der Waals surface area contributed by atoms with Gasteiger partial charge >= 0.3 is 0 Å². The Balaban J connectivity index is 2.98. The number of non-ortho nitro benzene ring substituents is 1. The van der Waals surface area contributed by atoms with E-state index in [2.05, 4.69) is 0 Å². The highest BCUT2D eigenvalue weighted by Crippen LogP contribution is 2.28. The minimum atomic E-state index is -0.531. The minimum absolute atomic E-state index is 0.0441. The molecule has 0 amide bonds. The molecule has 6 heteroatoms. The van der Waals surface area contributed by atoms with Crippen LogP contribution < -0.4 is 4.74 Å². The third-order valence-corrected chi connectivity index (χ3v) is 1.74. The van der Waals surface area contributed by atoms with E-state index in [-0.39, 0.29) is 16.8 Å². The summed E-state index contributed by atoms with van der Waals surface area (Å²) in [4.78, 5) is 9.77. The van der Waals surface area contributed by atoms with Crippen LogP contribution in [0.2, 0.25) is 5.02 Å². The predicted octanol–water partition coefficient (Wildman–Crippen LogP) is 2.82. The van der Waals surface area contributed by atoms with Crippen molar-refractivity contribution in [3.63, 3.8) is 0 Å². The number of nitro benzene ring substituents is 1. The highest BCUT2D eigenvalue weighted by Gasteiger charge is 2.09. The normalized spacial score (nSPS) is 9.69. The van der Waals surface area contributed by atoms with E-state index in [1.807, 2.05) is 0 Å². The van der Waals surface area contributed by atoms with Crippen LogP contribution in [0, 0.1) is 10.1 Å². The Labute approximate surface area is 84.2 Å². The Bertz CT molecular complexity index is 330. The summed E-state index contributed by atoms with van der Waals surface area (Å²) in [5, 5.41) is 10.5. The van der Waals surface area contributed by atoms with Crippen LogP contribution in [0.1, 0.15) is 0 Å². The fourth-order valence-corrected chi connectivity index (χ4v) is 1.13. The fourth-order valence-electron chi connectivity index (χ4n) is 0.779. The van der Waals surface area contributed by atoms with Gasteiger partial charge in [-0.3, -0.25) is 10.1 Å². The molecule has 0 aliphatic rings. The van der Waals surface area contributed by atoms with Crippen LogP contribution in [-0.4, -0.2) is 11.0 Å². The van der Waals surface area contributed by atoms with Crippen molar-refractivity contribution in [1.29, 1.82) is 0 Å². The van der Waals surface area contributed by atoms with Gasteiger partial charge in [0.05, 0.1) is 9.95 Å². The van der Waals surface area contributed by atoms with E-state index >= 15 is 0 Å². The minimum Gasteiger partial charge on any atom is -0.476 e. The Morgan fingerprint density at radius 1 is 1.54 bits per heavy atom. The number of rotatable bonds is 3. The first-order valence-electron chi connectivity index (χ1n) is 3.28. The van der Waals surface area contributed by atoms with Crippen molar-refractivity contribution in [2.75, 3.05) is 6.07 Å². The van der Waals surface area contributed by atoms with Crippen molar-refractivity contribution in [3.05, 3.63) is 33.3 Å². The van der Waals surface area contributed by atoms with Gasteiger partial charge in [0, 0.05) is 12.1 Å². The number of nitrogens with zero attached hydrogens (tertiary/aromatic N) is 1. The van der Waals surface area contributed by atoms with E-state index in [0.29, 0.717) is 5.75 Å². The zero-order valence-corrected chi connectivity index (χ0v) is 7.88. The SMILES string of the molecule is O=[N+]([O-])c1ccc(OCCl)c(Cl)c1. The fraction of sp³-hybridized carbons (Fsp3) is 0.143. The summed E-state index contributed by atoms with van der Waals surface area (Å²) < 4.78 is 4.88. The van der Waals surface area contributed by atoms with Crippen molar-refractivity contribution in [2.24, 2.45) is 0 Å². The predicted molar refractivity (Wildman–Crippen MR) is 49.5 cm³/mol. The maximum absolute atomic E-state index is 10.3. The molecule has 1 rings (SSSR count). The molecule has 0 spiro atoms. The van der Waals surface area contributed by atoms with Crippen molar-refractivity contribution < 1.29 is 9.66 Å². The first-order chi connectivity index (χ1) is 6.15. The van der Waals surface area contributed by atoms with Gasteiger partial charge in [-0.2, -0.15) is 0 Å². The Morgan fingerprint density at radius 3 is 2.69 bits per heavy atom. The van der Waals surface area contributed by atoms with Crippen molar-refractivity contribution in [3.8, 4) is 5.75 Å². The molecule has 70 valence electrons. The van der Waals surface area contributed by atoms with Crippen LogP contribution in [0.3, 0.4) is 0 Å². The number of ether oxygens (including phenoxy) is 1. The average Bonchev–Trinajstić information content (AvgIpc) is 2.08. The highest BCUT2D eigenvalue weighted by atomic mass is 35.5. The molecule has 0 atom stereocenters. The molecule has 0 heterocycles. The molecule has 13 heavy (non-hydrogen) atoms. The zero-order chi connectivity index (χ0) is 9.84. The number of nitro groups is 1. The van der Waals surface area contributed by atoms with Crippen LogP contribution in [0.15, 0.2) is 18.2 Å². The monoisotopic (exact) mass is 221 g/mol. The van der Waals surface area contributed by atoms with Gasteiger partial charge < -0.3 is 4.74 Å². The van der Waals surface area contributed by atoms with E-state index in [9.17, 15) is 10.1 Å². The number of alkyl halides is 1. The lowest BCUT2D eigenvalue weighted by Gasteiger charge is -2.02. The molecule has 0 saturated heterocycles. The Kier molecular flexibility index (Phi) is 3.33. The number of benzene rings is 1. The van der Waals surface area contributed by atoms with Gasteiger partial charge in [0.2, 0.25) is 0 Å². The molecule has 0 aromatic heterocycles. The lowest BCUT2D eigenvalue weighted by molar-refractivity contribution is -0.384. The van der Waals surface area contributed by atoms with E-state index in [1.165, 1.54) is 18.2 Å². The highest BCUT2D eigenvalue weighted by molar-refractivity contribution is 6.32. The topological polar surface area (TPSA) is 52.4 Å². The van der Waals surface area contributed by atoms with Gasteiger partial charge in [-0.05, 0) is 6.07 Å². The van der Waals surface area contributed by atoms with Gasteiger partial charge in [0.1, 0.15) is 5.75 Å². The molecule has 0 aliphatic carbocycles. The standard InChI is InChI=1S/C7H5Cl2NO3/c8-4-13-7-2-1-5(10(11)12)3-6(7)9/h1-3H,4H2. The first-order valence-corrected chi connectivity index (χ1v) is 4.19. The summed E-state index contributed by atoms with van der Waals surface area (Å²) in [7, 11) is 0. The lowest BCUT2D eigenvalue weighted by atomic mass is 10.3. The van der Waals surface area contributed by atoms with Gasteiger partial charge in [-0.15, -0.1) is 0 Å². The summed E-state index contributed by atoms with van der Waals surface area (Å²) in [5.41, 5.74) is -0.0769. The molecule has 1 aromatic rings. The second-order valence-electron chi connectivity index (χ2n) is 2.13. The van der Waals surface area contributed by atoms with E-state index in [1.54, 1.807) is 0 Å². The second kappa shape index (κ2) is 4.30. The molecule has 0 bridgehead atoms. The van der Waals surface area contributed by atoms with Crippen LogP contribution in [0.25, 0.3) is 0 Å². The smallest absolute Gasteiger partial charge is 0.271 e. The quantitative estimate of drug-likeness (QED) is 0.448. The average molecular weight is 222 g/mol. The number of hydrogen-bond donors (Lipinski definition) is 0. The van der Waals surface area contributed by atoms with Crippen LogP contribution in [0.4, 0.5) is 5.69 Å². The molecule has 0 unspecified atom stereocenters. The van der Waals surface area contributed by atoms with Gasteiger partial charge in [-0.25, -0.2) is 0 Å². The van der Waals surface area contributed by atoms with Crippen molar-refractivity contribution in [1.82, 2.24) is 0 Å². The summed E-state index contributed by atoms with van der Waals surface area (Å²) in [5.74, 6) is 0.335. The van der Waals surface area contributed by atoms with E-state index in [4.69, 9.17) is 27.9 Å². The van der Waals surface area contributed by atoms with Gasteiger partial charge in [-0.1, -0.05) is 23.2 Å². The molecule has 0 aliphatic heterocycles. The lowest BCUT2D eigenvalue weighted by Crippen LogP contribution is -1.92. The summed E-state index contributed by atoms with van der Waals surface area (Å²) in [6.45, 7) is 0. The molecule has 0 N–H and O–H groups in total. The Hall–Kier alpha value is -1.00. The third-order valence-electron chi connectivity index (χ3n) is 1.34. The van der Waals surface area contributed by atoms with Gasteiger partial charge in [0.15, 0.2) is 6.07 Å². The summed E-state index contributed by atoms with van der Waals surface area (Å²) >= 11 is 11.0. The van der Waals surface area contributed by atoms with Crippen molar-refractivity contribution >= 4 is 28.9 Å². The molecule has 0 fully saturated rings. The summed E-state index contributed by atoms with van der Waals surface area (Å²) in [6.07, 6.45) is 0. The number of hydrogen-bond acceptors (Lipinski definition) is 3. The van der Waals surface area contributed by atoms with Crippen LogP contribution in [0.5, 0.6) is 5.75 Å². The van der Waals surface area contributed by atoms with E-state index < -0.39 is 4.92 Å². The van der Waals surface area contributed by atoms with Crippen molar-refractivity contribution in [2.45, 2.75) is 0 Å². The Morgan fingerprint density at radius 2 is 2.23 bits per heavy atom. The molecule has 0 radical (unpaired) electrons. The molecule has 1 aromatic carbocycles. The molecule has 0 saturated carbocycles. The molecular weight excluding hydrogens is 217 g/mol. The van der Waals surface area contributed by atoms with Crippen LogP contribution >= 0.6 is 23.2 Å². The van der Waals surface area contributed by atoms with Gasteiger partial charge in [0.25, 0.3) is 5.69 Å². The summed E-state index contributed by atoms with van der Waals surface area (Å²) in [6, 6.07) is 3.87. The zero-order valence-electron chi connectivity index (χ0n) is 6.37. The maximum atomic E-state index is 10.3. The molecular formula is C7H5Cl2NO3. The van der Waals surface area contributed by atoms with E-state index in [0.717, 1.165) is 0 Å². The first kappa shape index (κ1) is 10.1. The second-order valence-corrected chi connectivity index (χ2v) is 2.75. The molecule has 4 nitrogen and oxygen atoms in total. The maximum Gasteiger partial charge on any atom is 0.271 e. The van der Waals surface area contributed by atoms with Crippen LogP contribution in [-0.2, 0) is 0 Å².